The number of rotatable bonds is 4. The summed E-state index contributed by atoms with van der Waals surface area (Å²) < 4.78 is 23.4. The van der Waals surface area contributed by atoms with Crippen LogP contribution in [0.5, 0.6) is 0 Å². The summed E-state index contributed by atoms with van der Waals surface area (Å²) in [7, 11) is -0.718. The molecule has 1 heterocycles. The van der Waals surface area contributed by atoms with Crippen molar-refractivity contribution in [2.45, 2.75) is 45.1 Å². The van der Waals surface area contributed by atoms with E-state index in [4.69, 9.17) is 0 Å². The molecule has 0 aromatic heterocycles. The van der Waals surface area contributed by atoms with Gasteiger partial charge in [-0.3, -0.25) is 0 Å². The van der Waals surface area contributed by atoms with Crippen LogP contribution in [0.25, 0.3) is 0 Å². The van der Waals surface area contributed by atoms with E-state index in [1.807, 2.05) is 0 Å². The molecule has 0 spiro atoms. The third-order valence-corrected chi connectivity index (χ3v) is 6.90. The molecule has 3 unspecified atom stereocenters. The van der Waals surface area contributed by atoms with Crippen LogP contribution in [0, 0.1) is 11.8 Å². The number of nitrogens with zero attached hydrogens (tertiary/aromatic N) is 1. The van der Waals surface area contributed by atoms with Gasteiger partial charge in [0.1, 0.15) is 0 Å². The molecule has 2 rings (SSSR count). The molecule has 0 aromatic rings. The van der Waals surface area contributed by atoms with Crippen LogP contribution in [0.2, 0.25) is 0 Å². The van der Waals surface area contributed by atoms with Gasteiger partial charge in [0.2, 0.25) is 0 Å². The maximum atomic E-state index is 11.7. The van der Waals surface area contributed by atoms with Gasteiger partial charge in [-0.05, 0) is 51.1 Å². The Morgan fingerprint density at radius 3 is 2.70 bits per heavy atom. The van der Waals surface area contributed by atoms with Gasteiger partial charge in [0.05, 0.1) is 11.5 Å². The molecule has 1 N–H and O–H groups in total. The molecule has 2 aliphatic rings. The Kier molecular flexibility index (Phi) is 5.87. The van der Waals surface area contributed by atoms with Gasteiger partial charge >= 0.3 is 0 Å². The smallest absolute Gasteiger partial charge is 0.151 e. The largest absolute Gasteiger partial charge is 0.317 e. The lowest BCUT2D eigenvalue weighted by atomic mass is 9.76. The Labute approximate surface area is 124 Å². The minimum absolute atomic E-state index is 0.348. The lowest BCUT2D eigenvalue weighted by Crippen LogP contribution is -2.45. The predicted octanol–water partition coefficient (Wildman–Crippen LogP) is 1.52. The third kappa shape index (κ3) is 4.43. The summed E-state index contributed by atoms with van der Waals surface area (Å²) in [6.07, 6.45) is 5.99. The van der Waals surface area contributed by atoms with Crippen LogP contribution in [0.4, 0.5) is 0 Å². The zero-order valence-corrected chi connectivity index (χ0v) is 13.8. The summed E-state index contributed by atoms with van der Waals surface area (Å²) in [5.74, 6) is 2.27. The van der Waals surface area contributed by atoms with Crippen LogP contribution in [-0.2, 0) is 9.84 Å². The Balaban J connectivity index is 1.92. The van der Waals surface area contributed by atoms with Crippen molar-refractivity contribution in [3.8, 4) is 0 Å². The average molecular weight is 302 g/mol. The van der Waals surface area contributed by atoms with E-state index in [0.717, 1.165) is 32.0 Å². The molecule has 4 nitrogen and oxygen atoms in total. The van der Waals surface area contributed by atoms with Crippen molar-refractivity contribution in [3.05, 3.63) is 0 Å². The van der Waals surface area contributed by atoms with Gasteiger partial charge in [0, 0.05) is 19.1 Å². The van der Waals surface area contributed by atoms with Crippen molar-refractivity contribution in [2.75, 3.05) is 38.2 Å². The first kappa shape index (κ1) is 16.2. The van der Waals surface area contributed by atoms with Crippen molar-refractivity contribution in [1.82, 2.24) is 10.2 Å². The molecule has 0 radical (unpaired) electrons. The molecule has 118 valence electrons. The molecule has 1 saturated carbocycles. The van der Waals surface area contributed by atoms with E-state index in [1.54, 1.807) is 0 Å². The average Bonchev–Trinajstić information content (AvgIpc) is 2.60. The van der Waals surface area contributed by atoms with E-state index in [9.17, 15) is 8.42 Å². The lowest BCUT2D eigenvalue weighted by molar-refractivity contribution is 0.146. The molecular weight excluding hydrogens is 272 g/mol. The molecular formula is C15H30N2O2S. The van der Waals surface area contributed by atoms with Crippen LogP contribution in [0.3, 0.4) is 0 Å². The first-order chi connectivity index (χ1) is 9.54. The van der Waals surface area contributed by atoms with E-state index in [-0.39, 0.29) is 0 Å². The zero-order valence-electron chi connectivity index (χ0n) is 13.0. The Morgan fingerprint density at radius 2 is 2.00 bits per heavy atom. The van der Waals surface area contributed by atoms with Gasteiger partial charge in [0.15, 0.2) is 9.84 Å². The fraction of sp³-hybridized carbons (Fsp3) is 1.00. The molecule has 2 fully saturated rings. The fourth-order valence-corrected chi connectivity index (χ4v) is 5.13. The quantitative estimate of drug-likeness (QED) is 0.855. The van der Waals surface area contributed by atoms with Crippen LogP contribution >= 0.6 is 0 Å². The standard InChI is InChI=1S/C15H30N2O2S/c1-3-13-5-6-15(16-2)14(11-13)12-17-7-4-9-20(18,19)10-8-17/h13-16H,3-12H2,1-2H3. The fourth-order valence-electron chi connectivity index (χ4n) is 3.82. The second-order valence-electron chi connectivity index (χ2n) is 6.55. The van der Waals surface area contributed by atoms with E-state index >= 15 is 0 Å². The first-order valence-electron chi connectivity index (χ1n) is 8.14. The van der Waals surface area contributed by atoms with Gasteiger partial charge in [-0.2, -0.15) is 0 Å². The van der Waals surface area contributed by atoms with Crippen molar-refractivity contribution in [3.63, 3.8) is 0 Å². The molecule has 1 aliphatic carbocycles. The Bertz CT molecular complexity index is 397. The highest BCUT2D eigenvalue weighted by Gasteiger charge is 2.31. The molecule has 5 heteroatoms. The number of hydrogen-bond donors (Lipinski definition) is 1. The maximum absolute atomic E-state index is 11.7. The van der Waals surface area contributed by atoms with Crippen molar-refractivity contribution in [2.24, 2.45) is 11.8 Å². The van der Waals surface area contributed by atoms with E-state index in [1.165, 1.54) is 25.7 Å². The molecule has 20 heavy (non-hydrogen) atoms. The van der Waals surface area contributed by atoms with E-state index in [0.29, 0.717) is 23.5 Å². The van der Waals surface area contributed by atoms with Crippen LogP contribution in [0.1, 0.15) is 39.0 Å². The maximum Gasteiger partial charge on any atom is 0.151 e. The predicted molar refractivity (Wildman–Crippen MR) is 83.7 cm³/mol. The SMILES string of the molecule is CCC1CCC(NC)C(CN2CCCS(=O)(=O)CC2)C1. The summed E-state index contributed by atoms with van der Waals surface area (Å²) in [5.41, 5.74) is 0. The molecule has 0 amide bonds. The zero-order chi connectivity index (χ0) is 14.6. The summed E-state index contributed by atoms with van der Waals surface area (Å²) in [4.78, 5) is 2.39. The third-order valence-electron chi connectivity index (χ3n) is 5.18. The van der Waals surface area contributed by atoms with Gasteiger partial charge in [0.25, 0.3) is 0 Å². The van der Waals surface area contributed by atoms with Crippen LogP contribution < -0.4 is 5.32 Å². The molecule has 0 bridgehead atoms. The topological polar surface area (TPSA) is 49.4 Å². The van der Waals surface area contributed by atoms with Gasteiger partial charge < -0.3 is 10.2 Å². The lowest BCUT2D eigenvalue weighted by Gasteiger charge is -2.38. The minimum Gasteiger partial charge on any atom is -0.317 e. The first-order valence-corrected chi connectivity index (χ1v) is 9.96. The number of sulfone groups is 1. The Morgan fingerprint density at radius 1 is 1.20 bits per heavy atom. The summed E-state index contributed by atoms with van der Waals surface area (Å²) in [5, 5.41) is 3.48. The van der Waals surface area contributed by atoms with Gasteiger partial charge in [-0.25, -0.2) is 8.42 Å². The Hall–Kier alpha value is -0.130. The number of nitrogens with one attached hydrogen (secondary N) is 1. The van der Waals surface area contributed by atoms with Crippen LogP contribution in [0.15, 0.2) is 0 Å². The van der Waals surface area contributed by atoms with Gasteiger partial charge in [-0.1, -0.05) is 13.3 Å². The molecule has 1 saturated heterocycles. The summed E-state index contributed by atoms with van der Waals surface area (Å²) in [6.45, 7) is 5.03. The normalized spacial score (nSPS) is 35.6. The van der Waals surface area contributed by atoms with Crippen molar-refractivity contribution >= 4 is 9.84 Å². The van der Waals surface area contributed by atoms with E-state index in [2.05, 4.69) is 24.2 Å². The summed E-state index contributed by atoms with van der Waals surface area (Å²) >= 11 is 0. The molecule has 3 atom stereocenters. The highest BCUT2D eigenvalue weighted by molar-refractivity contribution is 7.91. The minimum atomic E-state index is -2.78. The van der Waals surface area contributed by atoms with Crippen molar-refractivity contribution in [1.29, 1.82) is 0 Å². The highest BCUT2D eigenvalue weighted by atomic mass is 32.2. The van der Waals surface area contributed by atoms with E-state index < -0.39 is 9.84 Å². The number of hydrogen-bond acceptors (Lipinski definition) is 4. The molecule has 0 aromatic carbocycles. The van der Waals surface area contributed by atoms with Crippen LogP contribution in [-0.4, -0.2) is 57.5 Å². The summed E-state index contributed by atoms with van der Waals surface area (Å²) in [6, 6.07) is 0.609. The monoisotopic (exact) mass is 302 g/mol. The van der Waals surface area contributed by atoms with Gasteiger partial charge in [-0.15, -0.1) is 0 Å². The second kappa shape index (κ2) is 7.23. The second-order valence-corrected chi connectivity index (χ2v) is 8.85. The van der Waals surface area contributed by atoms with Crippen molar-refractivity contribution < 1.29 is 8.42 Å². The molecule has 1 aliphatic heterocycles. The highest BCUT2D eigenvalue weighted by Crippen LogP contribution is 2.32.